The molecule has 3 rings (SSSR count). The first-order valence-electron chi connectivity index (χ1n) is 6.99. The zero-order valence-corrected chi connectivity index (χ0v) is 13.0. The summed E-state index contributed by atoms with van der Waals surface area (Å²) in [5, 5.41) is 9.60. The molecule has 0 bridgehead atoms. The predicted molar refractivity (Wildman–Crippen MR) is 87.0 cm³/mol. The summed E-state index contributed by atoms with van der Waals surface area (Å²) in [4.78, 5) is 16.0. The molecule has 0 radical (unpaired) electrons. The minimum Gasteiger partial charge on any atom is -0.337 e. The van der Waals surface area contributed by atoms with Gasteiger partial charge in [-0.15, -0.1) is 0 Å². The van der Waals surface area contributed by atoms with Crippen molar-refractivity contribution in [2.45, 2.75) is 6.54 Å². The van der Waals surface area contributed by atoms with Crippen molar-refractivity contribution in [2.75, 3.05) is 5.32 Å². The van der Waals surface area contributed by atoms with Crippen LogP contribution in [0.5, 0.6) is 0 Å². The molecule has 0 saturated heterocycles. The van der Waals surface area contributed by atoms with Gasteiger partial charge in [0.15, 0.2) is 0 Å². The van der Waals surface area contributed by atoms with Crippen LogP contribution < -0.4 is 10.6 Å². The van der Waals surface area contributed by atoms with Crippen molar-refractivity contribution in [1.82, 2.24) is 15.5 Å². The van der Waals surface area contributed by atoms with Crippen molar-refractivity contribution in [3.05, 3.63) is 65.3 Å². The van der Waals surface area contributed by atoms with Gasteiger partial charge in [0.25, 0.3) is 0 Å². The van der Waals surface area contributed by atoms with Crippen LogP contribution in [-0.4, -0.2) is 16.2 Å². The molecular formula is C16H12ClFN4O2. The molecular weight excluding hydrogens is 335 g/mol. The fourth-order valence-corrected chi connectivity index (χ4v) is 2.03. The maximum absolute atomic E-state index is 12.8. The third kappa shape index (κ3) is 4.08. The first-order chi connectivity index (χ1) is 11.6. The molecule has 0 aliphatic heterocycles. The second-order valence-electron chi connectivity index (χ2n) is 4.83. The highest BCUT2D eigenvalue weighted by Gasteiger charge is 2.10. The van der Waals surface area contributed by atoms with E-state index in [2.05, 4.69) is 20.8 Å². The summed E-state index contributed by atoms with van der Waals surface area (Å²) in [7, 11) is 0. The van der Waals surface area contributed by atoms with Gasteiger partial charge in [0, 0.05) is 16.3 Å². The van der Waals surface area contributed by atoms with E-state index in [-0.39, 0.29) is 18.3 Å². The van der Waals surface area contributed by atoms with Crippen molar-refractivity contribution < 1.29 is 13.7 Å². The smallest absolute Gasteiger partial charge is 0.319 e. The highest BCUT2D eigenvalue weighted by atomic mass is 35.5. The third-order valence-electron chi connectivity index (χ3n) is 3.07. The zero-order valence-electron chi connectivity index (χ0n) is 12.3. The largest absolute Gasteiger partial charge is 0.337 e. The number of carbonyl (C=O) groups excluding carboxylic acids is 1. The highest BCUT2D eigenvalue weighted by Crippen LogP contribution is 2.18. The van der Waals surface area contributed by atoms with Gasteiger partial charge in [-0.3, -0.25) is 0 Å². The second-order valence-corrected chi connectivity index (χ2v) is 5.27. The Morgan fingerprint density at radius 1 is 1.12 bits per heavy atom. The summed E-state index contributed by atoms with van der Waals surface area (Å²) >= 11 is 5.82. The Morgan fingerprint density at radius 2 is 1.83 bits per heavy atom. The topological polar surface area (TPSA) is 80.1 Å². The van der Waals surface area contributed by atoms with Gasteiger partial charge < -0.3 is 15.2 Å². The maximum atomic E-state index is 12.8. The van der Waals surface area contributed by atoms with Crippen LogP contribution in [-0.2, 0) is 6.54 Å². The maximum Gasteiger partial charge on any atom is 0.319 e. The number of hydrogen-bond acceptors (Lipinski definition) is 4. The van der Waals surface area contributed by atoms with Crippen LogP contribution in [0.15, 0.2) is 53.1 Å². The fraction of sp³-hybridized carbons (Fsp3) is 0.0625. The van der Waals surface area contributed by atoms with Gasteiger partial charge in [0.05, 0.1) is 6.54 Å². The summed E-state index contributed by atoms with van der Waals surface area (Å²) in [6.07, 6.45) is 0. The Morgan fingerprint density at radius 3 is 2.54 bits per heavy atom. The van der Waals surface area contributed by atoms with Crippen LogP contribution in [0, 0.1) is 5.82 Å². The molecule has 0 spiro atoms. The average molecular weight is 347 g/mol. The van der Waals surface area contributed by atoms with Gasteiger partial charge in [0.1, 0.15) is 5.82 Å². The minimum absolute atomic E-state index is 0.0631. The lowest BCUT2D eigenvalue weighted by Crippen LogP contribution is -2.28. The van der Waals surface area contributed by atoms with Crippen molar-refractivity contribution in [2.24, 2.45) is 0 Å². The fourth-order valence-electron chi connectivity index (χ4n) is 1.91. The summed E-state index contributed by atoms with van der Waals surface area (Å²) in [5.74, 6) is 0.290. The van der Waals surface area contributed by atoms with E-state index in [1.165, 1.54) is 24.3 Å². The normalized spacial score (nSPS) is 10.4. The monoisotopic (exact) mass is 346 g/mol. The van der Waals surface area contributed by atoms with E-state index < -0.39 is 6.03 Å². The molecule has 0 fully saturated rings. The molecule has 2 amide bonds. The number of benzene rings is 2. The quantitative estimate of drug-likeness (QED) is 0.752. The Bertz CT molecular complexity index is 834. The first kappa shape index (κ1) is 15.9. The van der Waals surface area contributed by atoms with Crippen LogP contribution >= 0.6 is 11.6 Å². The van der Waals surface area contributed by atoms with E-state index in [4.69, 9.17) is 16.1 Å². The molecule has 2 aromatic carbocycles. The number of hydrogen-bond donors (Lipinski definition) is 2. The number of nitrogens with one attached hydrogen (secondary N) is 2. The SMILES string of the molecule is O=C(NCc1nc(-c2ccc(Cl)cc2)no1)Nc1ccc(F)cc1. The molecule has 8 heteroatoms. The standard InChI is InChI=1S/C16H12ClFN4O2/c17-11-3-1-10(2-4-11)15-21-14(24-22-15)9-19-16(23)20-13-7-5-12(18)6-8-13/h1-8H,9H2,(H2,19,20,23). The molecule has 6 nitrogen and oxygen atoms in total. The van der Waals surface area contributed by atoms with E-state index in [1.54, 1.807) is 24.3 Å². The van der Waals surface area contributed by atoms with Crippen molar-refractivity contribution in [1.29, 1.82) is 0 Å². The summed E-state index contributed by atoms with van der Waals surface area (Å²) in [6, 6.07) is 12.0. The lowest BCUT2D eigenvalue weighted by Gasteiger charge is -2.05. The average Bonchev–Trinajstić information content (AvgIpc) is 3.05. The first-order valence-corrected chi connectivity index (χ1v) is 7.37. The van der Waals surface area contributed by atoms with Crippen LogP contribution in [0.25, 0.3) is 11.4 Å². The predicted octanol–water partition coefficient (Wildman–Crippen LogP) is 3.85. The number of carbonyl (C=O) groups is 1. The molecule has 0 atom stereocenters. The van der Waals surface area contributed by atoms with E-state index in [9.17, 15) is 9.18 Å². The van der Waals surface area contributed by atoms with Gasteiger partial charge >= 0.3 is 6.03 Å². The van der Waals surface area contributed by atoms with Crippen molar-refractivity contribution in [3.8, 4) is 11.4 Å². The van der Waals surface area contributed by atoms with Crippen molar-refractivity contribution >= 4 is 23.3 Å². The lowest BCUT2D eigenvalue weighted by molar-refractivity contribution is 0.249. The molecule has 1 aromatic heterocycles. The number of rotatable bonds is 4. The Labute approximate surface area is 141 Å². The third-order valence-corrected chi connectivity index (χ3v) is 3.32. The second kappa shape index (κ2) is 7.10. The van der Waals surface area contributed by atoms with Gasteiger partial charge in [0.2, 0.25) is 11.7 Å². The molecule has 1 heterocycles. The van der Waals surface area contributed by atoms with Gasteiger partial charge in [-0.2, -0.15) is 4.98 Å². The minimum atomic E-state index is -0.465. The number of anilines is 1. The van der Waals surface area contributed by atoms with Gasteiger partial charge in [-0.05, 0) is 48.5 Å². The van der Waals surface area contributed by atoms with Crippen LogP contribution in [0.4, 0.5) is 14.9 Å². The Balaban J connectivity index is 1.56. The molecule has 0 aliphatic rings. The number of aromatic nitrogens is 2. The van der Waals surface area contributed by atoms with E-state index in [0.717, 1.165) is 5.56 Å². The van der Waals surface area contributed by atoms with E-state index in [0.29, 0.717) is 16.5 Å². The van der Waals surface area contributed by atoms with E-state index in [1.807, 2.05) is 0 Å². The summed E-state index contributed by atoms with van der Waals surface area (Å²) < 4.78 is 17.9. The zero-order chi connectivity index (χ0) is 16.9. The lowest BCUT2D eigenvalue weighted by atomic mass is 10.2. The van der Waals surface area contributed by atoms with Crippen LogP contribution in [0.2, 0.25) is 5.02 Å². The molecule has 0 saturated carbocycles. The Hall–Kier alpha value is -2.93. The van der Waals surface area contributed by atoms with Gasteiger partial charge in [-0.1, -0.05) is 16.8 Å². The van der Waals surface area contributed by atoms with E-state index >= 15 is 0 Å². The molecule has 0 aliphatic carbocycles. The number of amides is 2. The molecule has 0 unspecified atom stereocenters. The summed E-state index contributed by atoms with van der Waals surface area (Å²) in [6.45, 7) is 0.0631. The van der Waals surface area contributed by atoms with Crippen LogP contribution in [0.1, 0.15) is 5.89 Å². The number of nitrogens with zero attached hydrogens (tertiary/aromatic N) is 2. The van der Waals surface area contributed by atoms with Gasteiger partial charge in [-0.25, -0.2) is 9.18 Å². The molecule has 2 N–H and O–H groups in total. The molecule has 122 valence electrons. The molecule has 3 aromatic rings. The number of urea groups is 1. The molecule has 24 heavy (non-hydrogen) atoms. The highest BCUT2D eigenvalue weighted by molar-refractivity contribution is 6.30. The number of halogens is 2. The van der Waals surface area contributed by atoms with Crippen LogP contribution in [0.3, 0.4) is 0 Å². The Kier molecular flexibility index (Phi) is 4.72. The van der Waals surface area contributed by atoms with Crippen molar-refractivity contribution in [3.63, 3.8) is 0 Å². The summed E-state index contributed by atoms with van der Waals surface area (Å²) in [5.41, 5.74) is 1.23.